The minimum atomic E-state index is -0.874. The molecule has 1 heterocycles. The molecule has 0 saturated carbocycles. The molecule has 0 aliphatic carbocycles. The van der Waals surface area contributed by atoms with Gasteiger partial charge in [0.1, 0.15) is 0 Å². The molecule has 5 heteroatoms. The van der Waals surface area contributed by atoms with Crippen LogP contribution < -0.4 is 0 Å². The number of esters is 1. The summed E-state index contributed by atoms with van der Waals surface area (Å²) in [4.78, 5) is 24.7. The maximum atomic E-state index is 11.2. The molecule has 0 aliphatic rings. The van der Waals surface area contributed by atoms with Crippen molar-refractivity contribution in [2.75, 3.05) is 6.61 Å². The molecule has 70 valence electrons. The maximum absolute atomic E-state index is 11.2. The third-order valence-electron chi connectivity index (χ3n) is 1.35. The van der Waals surface area contributed by atoms with Crippen molar-refractivity contribution in [3.63, 3.8) is 0 Å². The quantitative estimate of drug-likeness (QED) is 0.457. The third-order valence-corrected chi connectivity index (χ3v) is 1.57. The first kappa shape index (κ1) is 9.80. The lowest BCUT2D eigenvalue weighted by Crippen LogP contribution is -2.17. The summed E-state index contributed by atoms with van der Waals surface area (Å²) in [6, 6.07) is 1.38. The van der Waals surface area contributed by atoms with Gasteiger partial charge in [-0.3, -0.25) is 4.79 Å². The van der Waals surface area contributed by atoms with Gasteiger partial charge >= 0.3 is 5.97 Å². The van der Waals surface area contributed by atoms with E-state index in [-0.39, 0.29) is 12.3 Å². The summed E-state index contributed by atoms with van der Waals surface area (Å²) in [5.74, 6) is -1.59. The van der Waals surface area contributed by atoms with Crippen molar-refractivity contribution in [3.05, 3.63) is 23.0 Å². The van der Waals surface area contributed by atoms with Crippen molar-refractivity contribution in [1.82, 2.24) is 4.98 Å². The van der Waals surface area contributed by atoms with Crippen LogP contribution in [-0.4, -0.2) is 23.3 Å². The van der Waals surface area contributed by atoms with Crippen LogP contribution in [0.5, 0.6) is 0 Å². The zero-order valence-electron chi connectivity index (χ0n) is 6.96. The highest BCUT2D eigenvalue weighted by atomic mass is 35.5. The van der Waals surface area contributed by atoms with E-state index in [1.807, 2.05) is 0 Å². The number of rotatable bonds is 3. The molecule has 0 unspecified atom stereocenters. The smallest absolute Gasteiger partial charge is 0.381 e. The second kappa shape index (κ2) is 4.09. The van der Waals surface area contributed by atoms with E-state index < -0.39 is 11.8 Å². The number of carbonyl (C=O) groups excluding carboxylic acids is 2. The fourth-order valence-corrected chi connectivity index (χ4v) is 0.969. The Morgan fingerprint density at radius 1 is 1.62 bits per heavy atom. The molecule has 0 atom stereocenters. The molecule has 0 amide bonds. The first-order valence-electron chi connectivity index (χ1n) is 3.70. The Hall–Kier alpha value is -1.29. The van der Waals surface area contributed by atoms with E-state index >= 15 is 0 Å². The number of H-pyrrole nitrogens is 1. The van der Waals surface area contributed by atoms with Gasteiger partial charge in [0.2, 0.25) is 0 Å². The molecule has 1 aromatic heterocycles. The van der Waals surface area contributed by atoms with Crippen LogP contribution in [0.4, 0.5) is 0 Å². The summed E-state index contributed by atoms with van der Waals surface area (Å²) in [7, 11) is 0. The Morgan fingerprint density at radius 3 is 2.77 bits per heavy atom. The van der Waals surface area contributed by atoms with Crippen LogP contribution in [0.25, 0.3) is 0 Å². The Labute approximate surface area is 79.8 Å². The van der Waals surface area contributed by atoms with Gasteiger partial charge in [0.05, 0.1) is 17.3 Å². The van der Waals surface area contributed by atoms with Gasteiger partial charge in [0, 0.05) is 6.20 Å². The van der Waals surface area contributed by atoms with E-state index in [4.69, 9.17) is 11.6 Å². The van der Waals surface area contributed by atoms with E-state index in [9.17, 15) is 9.59 Å². The average Bonchev–Trinajstić information content (AvgIpc) is 2.51. The molecule has 0 spiro atoms. The van der Waals surface area contributed by atoms with Crippen LogP contribution in [0.15, 0.2) is 12.3 Å². The van der Waals surface area contributed by atoms with Crippen LogP contribution in [0.1, 0.15) is 17.4 Å². The van der Waals surface area contributed by atoms with Crippen LogP contribution in [-0.2, 0) is 9.53 Å². The van der Waals surface area contributed by atoms with Gasteiger partial charge in [0.25, 0.3) is 5.78 Å². The first-order valence-corrected chi connectivity index (χ1v) is 4.08. The zero-order chi connectivity index (χ0) is 9.84. The fraction of sp³-hybridized carbons (Fsp3) is 0.250. The van der Waals surface area contributed by atoms with Crippen molar-refractivity contribution >= 4 is 23.4 Å². The minimum Gasteiger partial charge on any atom is -0.460 e. The number of Topliss-reactive ketones (excluding diaryl/α,β-unsaturated/α-hetero) is 1. The lowest BCUT2D eigenvalue weighted by Gasteiger charge is -1.97. The molecule has 0 radical (unpaired) electrons. The SMILES string of the molecule is CCOC(=O)C(=O)c1cc(Cl)c[nH]1. The summed E-state index contributed by atoms with van der Waals surface area (Å²) in [5.41, 5.74) is 0.142. The van der Waals surface area contributed by atoms with Crippen molar-refractivity contribution in [3.8, 4) is 0 Å². The van der Waals surface area contributed by atoms with E-state index in [1.165, 1.54) is 12.3 Å². The number of aromatic amines is 1. The van der Waals surface area contributed by atoms with Gasteiger partial charge in [-0.05, 0) is 13.0 Å². The number of aromatic nitrogens is 1. The van der Waals surface area contributed by atoms with Crippen molar-refractivity contribution in [1.29, 1.82) is 0 Å². The molecule has 0 aliphatic heterocycles. The van der Waals surface area contributed by atoms with Gasteiger partial charge in [-0.25, -0.2) is 4.79 Å². The second-order valence-electron chi connectivity index (χ2n) is 2.28. The zero-order valence-corrected chi connectivity index (χ0v) is 7.72. The fourth-order valence-electron chi connectivity index (χ4n) is 0.806. The lowest BCUT2D eigenvalue weighted by atomic mass is 10.3. The van der Waals surface area contributed by atoms with Gasteiger partial charge in [0.15, 0.2) is 0 Å². The van der Waals surface area contributed by atoms with E-state index in [1.54, 1.807) is 6.92 Å². The second-order valence-corrected chi connectivity index (χ2v) is 2.72. The normalized spacial score (nSPS) is 9.69. The lowest BCUT2D eigenvalue weighted by molar-refractivity contribution is -0.137. The molecule has 0 bridgehead atoms. The molecule has 4 nitrogen and oxygen atoms in total. The standard InChI is InChI=1S/C8H8ClNO3/c1-2-13-8(12)7(11)6-3-5(9)4-10-6/h3-4,10H,2H2,1H3. The number of hydrogen-bond acceptors (Lipinski definition) is 3. The number of hydrogen-bond donors (Lipinski definition) is 1. The number of nitrogens with one attached hydrogen (secondary N) is 1. The van der Waals surface area contributed by atoms with Crippen LogP contribution >= 0.6 is 11.6 Å². The number of halogens is 1. The van der Waals surface area contributed by atoms with E-state index in [2.05, 4.69) is 9.72 Å². The monoisotopic (exact) mass is 201 g/mol. The molecule has 1 aromatic rings. The molecule has 13 heavy (non-hydrogen) atoms. The summed E-state index contributed by atoms with van der Waals surface area (Å²) in [5, 5.41) is 0.382. The van der Waals surface area contributed by atoms with Crippen molar-refractivity contribution in [2.24, 2.45) is 0 Å². The maximum Gasteiger partial charge on any atom is 0.381 e. The van der Waals surface area contributed by atoms with Crippen LogP contribution in [0.3, 0.4) is 0 Å². The summed E-state index contributed by atoms with van der Waals surface area (Å²) < 4.78 is 4.52. The topological polar surface area (TPSA) is 59.2 Å². The van der Waals surface area contributed by atoms with Gasteiger partial charge in [-0.1, -0.05) is 11.6 Å². The molecular weight excluding hydrogens is 194 g/mol. The molecular formula is C8H8ClNO3. The third kappa shape index (κ3) is 2.32. The largest absolute Gasteiger partial charge is 0.460 e. The highest BCUT2D eigenvalue weighted by Crippen LogP contribution is 2.10. The van der Waals surface area contributed by atoms with Gasteiger partial charge in [-0.2, -0.15) is 0 Å². The van der Waals surface area contributed by atoms with Crippen LogP contribution in [0, 0.1) is 0 Å². The van der Waals surface area contributed by atoms with Crippen molar-refractivity contribution in [2.45, 2.75) is 6.92 Å². The highest BCUT2D eigenvalue weighted by Gasteiger charge is 2.18. The summed E-state index contributed by atoms with van der Waals surface area (Å²) >= 11 is 5.55. The van der Waals surface area contributed by atoms with Crippen molar-refractivity contribution < 1.29 is 14.3 Å². The molecule has 1 N–H and O–H groups in total. The van der Waals surface area contributed by atoms with Gasteiger partial charge < -0.3 is 9.72 Å². The Balaban J connectivity index is 2.73. The molecule has 0 fully saturated rings. The van der Waals surface area contributed by atoms with E-state index in [0.717, 1.165) is 0 Å². The first-order chi connectivity index (χ1) is 6.15. The number of carbonyl (C=O) groups is 2. The Morgan fingerprint density at radius 2 is 2.31 bits per heavy atom. The van der Waals surface area contributed by atoms with Crippen LogP contribution in [0.2, 0.25) is 5.02 Å². The van der Waals surface area contributed by atoms with E-state index in [0.29, 0.717) is 5.02 Å². The summed E-state index contributed by atoms with van der Waals surface area (Å²) in [6.07, 6.45) is 1.42. The Kier molecular flexibility index (Phi) is 3.08. The predicted octanol–water partition coefficient (Wildman–Crippen LogP) is 1.41. The average molecular weight is 202 g/mol. The minimum absolute atomic E-state index is 0.142. The molecule has 0 saturated heterocycles. The molecule has 1 rings (SSSR count). The number of ketones is 1. The predicted molar refractivity (Wildman–Crippen MR) is 46.8 cm³/mol. The molecule has 0 aromatic carbocycles. The van der Waals surface area contributed by atoms with Gasteiger partial charge in [-0.15, -0.1) is 0 Å². The summed E-state index contributed by atoms with van der Waals surface area (Å²) in [6.45, 7) is 1.81. The Bertz CT molecular complexity index is 332. The number of ether oxygens (including phenoxy) is 1. The highest BCUT2D eigenvalue weighted by molar-refractivity contribution is 6.41.